The lowest BCUT2D eigenvalue weighted by molar-refractivity contribution is -0.150. The fourth-order valence-corrected chi connectivity index (χ4v) is 2.36. The minimum absolute atomic E-state index is 0.340. The number of hydrazine groups is 1. The van der Waals surface area contributed by atoms with Gasteiger partial charge in [0.2, 0.25) is 5.91 Å². The van der Waals surface area contributed by atoms with Gasteiger partial charge in [0.05, 0.1) is 0 Å². The van der Waals surface area contributed by atoms with E-state index in [0.717, 1.165) is 0 Å². The van der Waals surface area contributed by atoms with Crippen LogP contribution >= 0.6 is 23.4 Å². The van der Waals surface area contributed by atoms with Crippen molar-refractivity contribution in [2.24, 2.45) is 0 Å². The van der Waals surface area contributed by atoms with Crippen LogP contribution in [0.25, 0.3) is 0 Å². The van der Waals surface area contributed by atoms with Gasteiger partial charge in [0.25, 0.3) is 11.8 Å². The average molecular weight is 402 g/mol. The van der Waals surface area contributed by atoms with E-state index in [9.17, 15) is 19.2 Å². The minimum atomic E-state index is -0.904. The number of carbonyl (C=O) groups is 4. The highest BCUT2D eigenvalue weighted by Crippen LogP contribution is 2.10. The van der Waals surface area contributed by atoms with Crippen LogP contribution in [0.3, 0.4) is 0 Å². The molecule has 10 heteroatoms. The van der Waals surface area contributed by atoms with Crippen molar-refractivity contribution >= 4 is 47.1 Å². The van der Waals surface area contributed by atoms with Crippen molar-refractivity contribution < 1.29 is 23.9 Å². The first-order valence-corrected chi connectivity index (χ1v) is 9.38. The molecule has 3 amide bonds. The van der Waals surface area contributed by atoms with Gasteiger partial charge < -0.3 is 10.1 Å². The van der Waals surface area contributed by atoms with E-state index in [-0.39, 0.29) is 0 Å². The van der Waals surface area contributed by atoms with Crippen molar-refractivity contribution in [3.63, 3.8) is 0 Å². The quantitative estimate of drug-likeness (QED) is 0.440. The Balaban J connectivity index is 2.62. The van der Waals surface area contributed by atoms with Crippen LogP contribution in [0.4, 0.5) is 0 Å². The predicted octanol–water partition coefficient (Wildman–Crippen LogP) is 0.902. The summed E-state index contributed by atoms with van der Waals surface area (Å²) in [6.07, 6.45) is 2.21. The number of halogens is 1. The van der Waals surface area contributed by atoms with Crippen molar-refractivity contribution in [1.29, 1.82) is 0 Å². The maximum Gasteiger partial charge on any atom is 0.329 e. The van der Waals surface area contributed by atoms with Crippen molar-refractivity contribution in [3.8, 4) is 0 Å². The molecule has 1 rings (SSSR count). The number of amides is 3. The molecule has 0 aliphatic carbocycles. The second-order valence-electron chi connectivity index (χ2n) is 5.15. The maximum absolute atomic E-state index is 12.3. The summed E-state index contributed by atoms with van der Waals surface area (Å²) in [5.41, 5.74) is 4.50. The highest BCUT2D eigenvalue weighted by Gasteiger charge is 2.23. The van der Waals surface area contributed by atoms with Crippen LogP contribution in [-0.4, -0.2) is 48.3 Å². The number of hydrogen-bond acceptors (Lipinski definition) is 6. The molecule has 0 spiro atoms. The zero-order valence-corrected chi connectivity index (χ0v) is 15.9. The molecule has 0 aliphatic heterocycles. The molecule has 3 N–H and O–H groups in total. The number of carbonyl (C=O) groups excluding carboxylic acids is 4. The molecule has 0 fully saturated rings. The van der Waals surface area contributed by atoms with Crippen molar-refractivity contribution in [3.05, 3.63) is 34.9 Å². The zero-order chi connectivity index (χ0) is 19.5. The highest BCUT2D eigenvalue weighted by molar-refractivity contribution is 7.98. The molecule has 0 heterocycles. The Kier molecular flexibility index (Phi) is 9.53. The Labute approximate surface area is 160 Å². The zero-order valence-electron chi connectivity index (χ0n) is 14.3. The molecular weight excluding hydrogens is 382 g/mol. The first-order valence-electron chi connectivity index (χ1n) is 7.61. The van der Waals surface area contributed by atoms with E-state index in [0.29, 0.717) is 22.8 Å². The molecule has 142 valence electrons. The largest absolute Gasteiger partial charge is 0.454 e. The molecule has 0 unspecified atom stereocenters. The molecule has 8 nitrogen and oxygen atoms in total. The monoisotopic (exact) mass is 401 g/mol. The average Bonchev–Trinajstić information content (AvgIpc) is 2.61. The summed E-state index contributed by atoms with van der Waals surface area (Å²) in [4.78, 5) is 46.6. The summed E-state index contributed by atoms with van der Waals surface area (Å²) in [6.45, 7) is 0.642. The minimum Gasteiger partial charge on any atom is -0.454 e. The van der Waals surface area contributed by atoms with Gasteiger partial charge in [-0.3, -0.25) is 25.2 Å². The van der Waals surface area contributed by atoms with Gasteiger partial charge in [-0.25, -0.2) is 4.79 Å². The SMILES string of the molecule is CSCC[C@H](NC(=O)c1ccc(Cl)cc1)C(=O)OCC(=O)NNC(C)=O. The summed E-state index contributed by atoms with van der Waals surface area (Å²) in [6, 6.07) is 5.31. The van der Waals surface area contributed by atoms with E-state index in [1.54, 1.807) is 12.1 Å². The van der Waals surface area contributed by atoms with Crippen molar-refractivity contribution in [2.75, 3.05) is 18.6 Å². The molecule has 1 aromatic carbocycles. The smallest absolute Gasteiger partial charge is 0.329 e. The van der Waals surface area contributed by atoms with E-state index < -0.39 is 36.3 Å². The molecule has 1 aromatic rings. The van der Waals surface area contributed by atoms with Gasteiger partial charge in [-0.1, -0.05) is 11.6 Å². The van der Waals surface area contributed by atoms with E-state index in [2.05, 4.69) is 16.2 Å². The molecule has 0 aromatic heterocycles. The first-order chi connectivity index (χ1) is 12.3. The predicted molar refractivity (Wildman–Crippen MR) is 98.6 cm³/mol. The Morgan fingerprint density at radius 2 is 1.81 bits per heavy atom. The first kappa shape index (κ1) is 21.8. The van der Waals surface area contributed by atoms with Crippen molar-refractivity contribution in [1.82, 2.24) is 16.2 Å². The third-order valence-electron chi connectivity index (χ3n) is 3.03. The highest BCUT2D eigenvalue weighted by atomic mass is 35.5. The van der Waals surface area contributed by atoms with E-state index in [1.165, 1.54) is 30.8 Å². The van der Waals surface area contributed by atoms with Crippen LogP contribution in [0.1, 0.15) is 23.7 Å². The molecule has 26 heavy (non-hydrogen) atoms. The molecule has 0 saturated heterocycles. The Morgan fingerprint density at radius 1 is 1.15 bits per heavy atom. The van der Waals surface area contributed by atoms with Crippen LogP contribution in [-0.2, 0) is 19.1 Å². The Hall–Kier alpha value is -2.26. The number of benzene rings is 1. The number of rotatable bonds is 8. The van der Waals surface area contributed by atoms with E-state index in [1.807, 2.05) is 6.26 Å². The third kappa shape index (κ3) is 8.21. The number of thioether (sulfide) groups is 1. The molecule has 0 saturated carbocycles. The summed E-state index contributed by atoms with van der Waals surface area (Å²) in [5.74, 6) is -1.73. The van der Waals surface area contributed by atoms with Gasteiger partial charge in [0.1, 0.15) is 6.04 Å². The van der Waals surface area contributed by atoms with Gasteiger partial charge in [0.15, 0.2) is 6.61 Å². The maximum atomic E-state index is 12.3. The molecule has 1 atom stereocenters. The lowest BCUT2D eigenvalue weighted by atomic mass is 10.1. The Morgan fingerprint density at radius 3 is 2.38 bits per heavy atom. The topological polar surface area (TPSA) is 114 Å². The normalized spacial score (nSPS) is 11.2. The van der Waals surface area contributed by atoms with Crippen LogP contribution in [0.2, 0.25) is 5.02 Å². The van der Waals surface area contributed by atoms with E-state index in [4.69, 9.17) is 16.3 Å². The summed E-state index contributed by atoms with van der Waals surface area (Å²) >= 11 is 7.29. The van der Waals surface area contributed by atoms with Gasteiger partial charge in [0, 0.05) is 17.5 Å². The van der Waals surface area contributed by atoms with Crippen LogP contribution in [0.15, 0.2) is 24.3 Å². The standard InChI is InChI=1S/C16H20ClN3O5S/c1-10(21)19-20-14(22)9-25-16(24)13(7-8-26-2)18-15(23)11-3-5-12(17)6-4-11/h3-6,13H,7-9H2,1-2H3,(H,18,23)(H,19,21)(H,20,22)/t13-/m0/s1. The lowest BCUT2D eigenvalue weighted by Crippen LogP contribution is -2.45. The summed E-state index contributed by atoms with van der Waals surface area (Å²) in [7, 11) is 0. The molecule has 0 radical (unpaired) electrons. The second-order valence-corrected chi connectivity index (χ2v) is 6.57. The van der Waals surface area contributed by atoms with Gasteiger partial charge in [-0.05, 0) is 42.7 Å². The Bertz CT molecular complexity index is 654. The number of esters is 1. The van der Waals surface area contributed by atoms with Gasteiger partial charge in [-0.15, -0.1) is 0 Å². The number of hydrogen-bond donors (Lipinski definition) is 3. The fourth-order valence-electron chi connectivity index (χ4n) is 1.76. The lowest BCUT2D eigenvalue weighted by Gasteiger charge is -2.17. The number of ether oxygens (including phenoxy) is 1. The molecular formula is C16H20ClN3O5S. The van der Waals surface area contributed by atoms with Gasteiger partial charge >= 0.3 is 5.97 Å². The van der Waals surface area contributed by atoms with Gasteiger partial charge in [-0.2, -0.15) is 11.8 Å². The summed E-state index contributed by atoms with van der Waals surface area (Å²) < 4.78 is 4.90. The second kappa shape index (κ2) is 11.4. The van der Waals surface area contributed by atoms with E-state index >= 15 is 0 Å². The third-order valence-corrected chi connectivity index (χ3v) is 3.93. The van der Waals surface area contributed by atoms with Crippen LogP contribution in [0.5, 0.6) is 0 Å². The van der Waals surface area contributed by atoms with Crippen molar-refractivity contribution in [2.45, 2.75) is 19.4 Å². The summed E-state index contributed by atoms with van der Waals surface area (Å²) in [5, 5.41) is 3.08. The number of nitrogens with one attached hydrogen (secondary N) is 3. The molecule has 0 bridgehead atoms. The molecule has 0 aliphatic rings. The van der Waals surface area contributed by atoms with Crippen LogP contribution < -0.4 is 16.2 Å². The fraction of sp³-hybridized carbons (Fsp3) is 0.375. The van der Waals surface area contributed by atoms with Crippen LogP contribution in [0, 0.1) is 0 Å².